The molecule has 3 rings (SSSR count). The van der Waals surface area contributed by atoms with Crippen LogP contribution in [0.25, 0.3) is 0 Å². The SMILES string of the molecule is Cc1ccc(S(=O)(=O)O)cc1C[C@@H]1COc2cccc(F)c2O1. The van der Waals surface area contributed by atoms with Crippen molar-refractivity contribution in [3.05, 3.63) is 53.3 Å². The van der Waals surface area contributed by atoms with E-state index in [0.29, 0.717) is 17.7 Å². The van der Waals surface area contributed by atoms with E-state index in [1.807, 2.05) is 6.92 Å². The van der Waals surface area contributed by atoms with Crippen molar-refractivity contribution in [3.63, 3.8) is 0 Å². The Kier molecular flexibility index (Phi) is 3.99. The highest BCUT2D eigenvalue weighted by atomic mass is 32.2. The Morgan fingerprint density at radius 2 is 2.09 bits per heavy atom. The van der Waals surface area contributed by atoms with Crippen LogP contribution in [0.3, 0.4) is 0 Å². The van der Waals surface area contributed by atoms with E-state index >= 15 is 0 Å². The summed E-state index contributed by atoms with van der Waals surface area (Å²) in [4.78, 5) is -0.179. The lowest BCUT2D eigenvalue weighted by Crippen LogP contribution is -2.31. The van der Waals surface area contributed by atoms with Gasteiger partial charge in [0.15, 0.2) is 17.3 Å². The van der Waals surface area contributed by atoms with Gasteiger partial charge in [-0.25, -0.2) is 4.39 Å². The zero-order chi connectivity index (χ0) is 16.6. The maximum absolute atomic E-state index is 13.8. The minimum absolute atomic E-state index is 0.0623. The second kappa shape index (κ2) is 5.82. The van der Waals surface area contributed by atoms with Crippen molar-refractivity contribution in [2.75, 3.05) is 6.61 Å². The fraction of sp³-hybridized carbons (Fsp3) is 0.250. The molecule has 0 unspecified atom stereocenters. The molecule has 0 fully saturated rings. The Bertz CT molecular complexity index is 848. The van der Waals surface area contributed by atoms with Crippen LogP contribution < -0.4 is 9.47 Å². The number of hydrogen-bond acceptors (Lipinski definition) is 4. The van der Waals surface area contributed by atoms with Gasteiger partial charge in [0.2, 0.25) is 0 Å². The number of aryl methyl sites for hydroxylation is 1. The molecule has 0 radical (unpaired) electrons. The van der Waals surface area contributed by atoms with Crippen LogP contribution in [0.4, 0.5) is 4.39 Å². The first-order chi connectivity index (χ1) is 10.8. The summed E-state index contributed by atoms with van der Waals surface area (Å²) >= 11 is 0. The number of benzene rings is 2. The van der Waals surface area contributed by atoms with Crippen molar-refractivity contribution in [1.82, 2.24) is 0 Å². The predicted octanol–water partition coefficient (Wildman–Crippen LogP) is 2.76. The van der Waals surface area contributed by atoms with Crippen molar-refractivity contribution in [1.29, 1.82) is 0 Å². The Morgan fingerprint density at radius 3 is 2.83 bits per heavy atom. The van der Waals surface area contributed by atoms with Gasteiger partial charge in [0, 0.05) is 6.42 Å². The lowest BCUT2D eigenvalue weighted by molar-refractivity contribution is 0.0857. The highest BCUT2D eigenvalue weighted by Crippen LogP contribution is 2.34. The van der Waals surface area contributed by atoms with E-state index in [9.17, 15) is 12.8 Å². The van der Waals surface area contributed by atoms with Gasteiger partial charge in [-0.2, -0.15) is 8.42 Å². The van der Waals surface area contributed by atoms with E-state index < -0.39 is 22.0 Å². The van der Waals surface area contributed by atoms with Crippen LogP contribution in [0.1, 0.15) is 11.1 Å². The zero-order valence-corrected chi connectivity index (χ0v) is 13.1. The third-order valence-electron chi connectivity index (χ3n) is 3.71. The smallest absolute Gasteiger partial charge is 0.294 e. The van der Waals surface area contributed by atoms with Gasteiger partial charge >= 0.3 is 0 Å². The molecular weight excluding hydrogens is 323 g/mol. The minimum atomic E-state index is -4.27. The van der Waals surface area contributed by atoms with Crippen LogP contribution in [0.5, 0.6) is 11.5 Å². The molecule has 1 atom stereocenters. The Balaban J connectivity index is 1.85. The fourth-order valence-corrected chi connectivity index (χ4v) is 3.01. The van der Waals surface area contributed by atoms with E-state index in [0.717, 1.165) is 5.56 Å². The van der Waals surface area contributed by atoms with Gasteiger partial charge in [-0.05, 0) is 42.3 Å². The van der Waals surface area contributed by atoms with Crippen LogP contribution in [-0.2, 0) is 16.5 Å². The molecule has 1 aliphatic rings. The summed E-state index contributed by atoms with van der Waals surface area (Å²) in [7, 11) is -4.27. The molecule has 2 aromatic carbocycles. The molecule has 0 spiro atoms. The predicted molar refractivity (Wildman–Crippen MR) is 81.0 cm³/mol. The second-order valence-electron chi connectivity index (χ2n) is 5.39. The van der Waals surface area contributed by atoms with Gasteiger partial charge in [-0.3, -0.25) is 4.55 Å². The Labute approximate surface area is 133 Å². The maximum Gasteiger partial charge on any atom is 0.294 e. The number of halogens is 1. The fourth-order valence-electron chi connectivity index (χ4n) is 2.47. The Hall–Kier alpha value is -2.12. The lowest BCUT2D eigenvalue weighted by Gasteiger charge is -2.27. The van der Waals surface area contributed by atoms with Crippen molar-refractivity contribution < 1.29 is 26.8 Å². The van der Waals surface area contributed by atoms with E-state index in [2.05, 4.69) is 0 Å². The summed E-state index contributed by atoms with van der Waals surface area (Å²) in [6, 6.07) is 8.79. The van der Waals surface area contributed by atoms with Crippen LogP contribution in [0.15, 0.2) is 41.3 Å². The topological polar surface area (TPSA) is 72.8 Å². The number of rotatable bonds is 3. The van der Waals surface area contributed by atoms with Crippen molar-refractivity contribution in [2.24, 2.45) is 0 Å². The highest BCUT2D eigenvalue weighted by molar-refractivity contribution is 7.85. The van der Waals surface area contributed by atoms with Crippen molar-refractivity contribution in [2.45, 2.75) is 24.3 Å². The molecule has 23 heavy (non-hydrogen) atoms. The zero-order valence-electron chi connectivity index (χ0n) is 12.3. The minimum Gasteiger partial charge on any atom is -0.486 e. The molecule has 0 bridgehead atoms. The number of para-hydroxylation sites is 1. The van der Waals surface area contributed by atoms with Crippen LogP contribution in [-0.4, -0.2) is 25.7 Å². The number of ether oxygens (including phenoxy) is 2. The molecule has 122 valence electrons. The van der Waals surface area contributed by atoms with Gasteiger partial charge in [0.25, 0.3) is 10.1 Å². The van der Waals surface area contributed by atoms with Gasteiger partial charge in [0.05, 0.1) is 4.90 Å². The molecule has 0 amide bonds. The molecule has 5 nitrogen and oxygen atoms in total. The molecule has 2 aromatic rings. The normalized spacial score (nSPS) is 17.1. The monoisotopic (exact) mass is 338 g/mol. The maximum atomic E-state index is 13.8. The first-order valence-electron chi connectivity index (χ1n) is 6.99. The molecule has 1 heterocycles. The van der Waals surface area contributed by atoms with Gasteiger partial charge in [-0.1, -0.05) is 12.1 Å². The number of hydrogen-bond donors (Lipinski definition) is 1. The summed E-state index contributed by atoms with van der Waals surface area (Å²) in [5.41, 5.74) is 1.54. The molecular formula is C16H15FO5S. The quantitative estimate of drug-likeness (QED) is 0.871. The van der Waals surface area contributed by atoms with Gasteiger partial charge in [-0.15, -0.1) is 0 Å². The van der Waals surface area contributed by atoms with E-state index in [4.69, 9.17) is 14.0 Å². The molecule has 7 heteroatoms. The summed E-state index contributed by atoms with van der Waals surface area (Å²) in [5.74, 6) is -0.0902. The molecule has 0 saturated carbocycles. The Morgan fingerprint density at radius 1 is 1.30 bits per heavy atom. The third kappa shape index (κ3) is 3.30. The molecule has 1 N–H and O–H groups in total. The molecule has 1 aliphatic heterocycles. The van der Waals surface area contributed by atoms with Crippen LogP contribution >= 0.6 is 0 Å². The average Bonchev–Trinajstić information content (AvgIpc) is 2.49. The van der Waals surface area contributed by atoms with Crippen LogP contribution in [0.2, 0.25) is 0 Å². The summed E-state index contributed by atoms with van der Waals surface area (Å²) in [6.45, 7) is 2.05. The van der Waals surface area contributed by atoms with Crippen molar-refractivity contribution >= 4 is 10.1 Å². The molecule has 0 saturated heterocycles. The molecule has 0 aromatic heterocycles. The van der Waals surface area contributed by atoms with Crippen LogP contribution in [0, 0.1) is 12.7 Å². The largest absolute Gasteiger partial charge is 0.486 e. The van der Waals surface area contributed by atoms with E-state index in [1.165, 1.54) is 24.3 Å². The average molecular weight is 338 g/mol. The first-order valence-corrected chi connectivity index (χ1v) is 8.43. The summed E-state index contributed by atoms with van der Waals surface area (Å²) in [5, 5.41) is 0. The third-order valence-corrected chi connectivity index (χ3v) is 4.56. The highest BCUT2D eigenvalue weighted by Gasteiger charge is 2.25. The lowest BCUT2D eigenvalue weighted by atomic mass is 10.0. The van der Waals surface area contributed by atoms with E-state index in [1.54, 1.807) is 12.1 Å². The van der Waals surface area contributed by atoms with E-state index in [-0.39, 0.29) is 17.3 Å². The summed E-state index contributed by atoms with van der Waals surface area (Å²) < 4.78 is 56.5. The van der Waals surface area contributed by atoms with Crippen molar-refractivity contribution in [3.8, 4) is 11.5 Å². The summed E-state index contributed by atoms with van der Waals surface area (Å²) in [6.07, 6.45) is -0.113. The second-order valence-corrected chi connectivity index (χ2v) is 6.81. The standard InChI is InChI=1S/C16H15FO5S/c1-10-5-6-13(23(18,19)20)8-11(10)7-12-9-21-15-4-2-3-14(17)16(15)22-12/h2-6,8,12H,7,9H2,1H3,(H,18,19,20)/t12-/m1/s1. The first kappa shape index (κ1) is 15.8. The number of fused-ring (bicyclic) bond motifs is 1. The van der Waals surface area contributed by atoms with Gasteiger partial charge < -0.3 is 9.47 Å². The molecule has 0 aliphatic carbocycles. The van der Waals surface area contributed by atoms with Gasteiger partial charge in [0.1, 0.15) is 12.7 Å².